The van der Waals surface area contributed by atoms with Gasteiger partial charge in [-0.3, -0.25) is 0 Å². The van der Waals surface area contributed by atoms with Crippen LogP contribution in [0, 0.1) is 0 Å². The highest BCUT2D eigenvalue weighted by Crippen LogP contribution is 2.19. The standard InChI is InChI=1S/C13H14N2O2/c1-8(2)11-7-14-12(15-11)9-3-5-10(6-4-9)13(16)17/h3-8H,1-2H3,(H,14,15)(H,16,17). The van der Waals surface area contributed by atoms with Crippen molar-refractivity contribution in [1.82, 2.24) is 9.97 Å². The summed E-state index contributed by atoms with van der Waals surface area (Å²) >= 11 is 0. The van der Waals surface area contributed by atoms with Crippen molar-refractivity contribution in [3.05, 3.63) is 41.7 Å². The monoisotopic (exact) mass is 230 g/mol. The number of hydrogen-bond acceptors (Lipinski definition) is 2. The van der Waals surface area contributed by atoms with Crippen molar-refractivity contribution in [3.8, 4) is 11.4 Å². The number of H-pyrrole nitrogens is 1. The lowest BCUT2D eigenvalue weighted by Gasteiger charge is -2.00. The summed E-state index contributed by atoms with van der Waals surface area (Å²) in [6.45, 7) is 4.18. The van der Waals surface area contributed by atoms with Crippen LogP contribution in [0.15, 0.2) is 30.5 Å². The zero-order valence-corrected chi connectivity index (χ0v) is 9.77. The Balaban J connectivity index is 2.30. The Labute approximate surface area is 99.3 Å². The molecule has 2 N–H and O–H groups in total. The molecule has 1 aromatic heterocycles. The molecule has 0 fully saturated rings. The van der Waals surface area contributed by atoms with Gasteiger partial charge in [0, 0.05) is 17.5 Å². The van der Waals surface area contributed by atoms with Gasteiger partial charge in [-0.05, 0) is 18.1 Å². The van der Waals surface area contributed by atoms with Gasteiger partial charge in [0.25, 0.3) is 0 Å². The molecule has 17 heavy (non-hydrogen) atoms. The maximum absolute atomic E-state index is 10.7. The summed E-state index contributed by atoms with van der Waals surface area (Å²) < 4.78 is 0. The number of aromatic carboxylic acids is 1. The number of aromatic nitrogens is 2. The lowest BCUT2D eigenvalue weighted by atomic mass is 10.1. The molecule has 0 aliphatic heterocycles. The van der Waals surface area contributed by atoms with Crippen molar-refractivity contribution in [1.29, 1.82) is 0 Å². The van der Waals surface area contributed by atoms with E-state index in [2.05, 4.69) is 23.8 Å². The van der Waals surface area contributed by atoms with Gasteiger partial charge in [-0.25, -0.2) is 9.78 Å². The highest BCUT2D eigenvalue weighted by atomic mass is 16.4. The van der Waals surface area contributed by atoms with Crippen molar-refractivity contribution < 1.29 is 9.90 Å². The first kappa shape index (κ1) is 11.4. The molecule has 0 saturated carbocycles. The van der Waals surface area contributed by atoms with Crippen molar-refractivity contribution in [3.63, 3.8) is 0 Å². The minimum atomic E-state index is -0.918. The fourth-order valence-corrected chi connectivity index (χ4v) is 1.55. The Morgan fingerprint density at radius 1 is 1.29 bits per heavy atom. The number of carboxylic acid groups (broad SMARTS) is 1. The molecule has 0 amide bonds. The third-order valence-corrected chi connectivity index (χ3v) is 2.62. The second kappa shape index (κ2) is 4.41. The first-order valence-electron chi connectivity index (χ1n) is 5.46. The van der Waals surface area contributed by atoms with Crippen molar-refractivity contribution in [2.24, 2.45) is 0 Å². The van der Waals surface area contributed by atoms with Gasteiger partial charge in [0.15, 0.2) is 0 Å². The van der Waals surface area contributed by atoms with Crippen molar-refractivity contribution in [2.75, 3.05) is 0 Å². The summed E-state index contributed by atoms with van der Waals surface area (Å²) in [5.41, 5.74) is 2.24. The van der Waals surface area contributed by atoms with Gasteiger partial charge < -0.3 is 10.1 Å². The molecule has 0 atom stereocenters. The Bertz CT molecular complexity index is 527. The normalized spacial score (nSPS) is 10.8. The minimum absolute atomic E-state index is 0.282. The van der Waals surface area contributed by atoms with Crippen LogP contribution in [0.4, 0.5) is 0 Å². The topological polar surface area (TPSA) is 66.0 Å². The minimum Gasteiger partial charge on any atom is -0.478 e. The Morgan fingerprint density at radius 2 is 1.94 bits per heavy atom. The first-order chi connectivity index (χ1) is 8.08. The third-order valence-electron chi connectivity index (χ3n) is 2.62. The average Bonchev–Trinajstić information content (AvgIpc) is 2.78. The van der Waals surface area contributed by atoms with Crippen LogP contribution in [0.2, 0.25) is 0 Å². The second-order valence-electron chi connectivity index (χ2n) is 4.22. The molecule has 0 radical (unpaired) electrons. The van der Waals surface area contributed by atoms with Crippen LogP contribution in [-0.2, 0) is 0 Å². The van der Waals surface area contributed by atoms with Crippen LogP contribution in [0.5, 0.6) is 0 Å². The smallest absolute Gasteiger partial charge is 0.335 e. The summed E-state index contributed by atoms with van der Waals surface area (Å²) in [4.78, 5) is 18.2. The SMILES string of the molecule is CC(C)c1cnc(-c2ccc(C(=O)O)cc2)[nH]1. The van der Waals surface area contributed by atoms with Gasteiger partial charge in [0.1, 0.15) is 5.82 Å². The zero-order chi connectivity index (χ0) is 12.4. The summed E-state index contributed by atoms with van der Waals surface area (Å²) in [5.74, 6) is 0.249. The van der Waals surface area contributed by atoms with E-state index in [0.29, 0.717) is 5.92 Å². The largest absolute Gasteiger partial charge is 0.478 e. The fourth-order valence-electron chi connectivity index (χ4n) is 1.55. The van der Waals surface area contributed by atoms with Crippen molar-refractivity contribution >= 4 is 5.97 Å². The molecule has 1 aromatic carbocycles. The predicted molar refractivity (Wildman–Crippen MR) is 65.1 cm³/mol. The molecule has 0 bridgehead atoms. The highest BCUT2D eigenvalue weighted by molar-refractivity contribution is 5.88. The predicted octanol–water partition coefficient (Wildman–Crippen LogP) is 2.90. The number of nitrogens with zero attached hydrogens (tertiary/aromatic N) is 1. The number of carbonyl (C=O) groups is 1. The molecule has 0 saturated heterocycles. The van der Waals surface area contributed by atoms with Gasteiger partial charge in [-0.15, -0.1) is 0 Å². The zero-order valence-electron chi connectivity index (χ0n) is 9.77. The lowest BCUT2D eigenvalue weighted by molar-refractivity contribution is 0.0697. The van der Waals surface area contributed by atoms with Gasteiger partial charge in [0.05, 0.1) is 5.56 Å². The molecular formula is C13H14N2O2. The summed E-state index contributed by atoms with van der Waals surface area (Å²) in [6, 6.07) is 6.67. The number of hydrogen-bond donors (Lipinski definition) is 2. The summed E-state index contributed by atoms with van der Waals surface area (Å²) in [6.07, 6.45) is 1.81. The fraction of sp³-hybridized carbons (Fsp3) is 0.231. The number of imidazole rings is 1. The van der Waals surface area contributed by atoms with Crippen LogP contribution in [0.25, 0.3) is 11.4 Å². The molecule has 2 aromatic rings. The number of benzene rings is 1. The molecule has 0 unspecified atom stereocenters. The summed E-state index contributed by atoms with van der Waals surface area (Å²) in [5, 5.41) is 8.80. The summed E-state index contributed by atoms with van der Waals surface area (Å²) in [7, 11) is 0. The molecule has 0 aliphatic carbocycles. The molecule has 0 aliphatic rings. The van der Waals surface area contributed by atoms with E-state index >= 15 is 0 Å². The lowest BCUT2D eigenvalue weighted by Crippen LogP contribution is -1.95. The van der Waals surface area contributed by atoms with Crippen LogP contribution in [0.3, 0.4) is 0 Å². The number of rotatable bonds is 3. The Morgan fingerprint density at radius 3 is 2.41 bits per heavy atom. The van der Waals surface area contributed by atoms with Crippen LogP contribution >= 0.6 is 0 Å². The molecule has 88 valence electrons. The molecule has 2 rings (SSSR count). The molecular weight excluding hydrogens is 216 g/mol. The van der Waals surface area contributed by atoms with E-state index in [4.69, 9.17) is 5.11 Å². The molecule has 1 heterocycles. The highest BCUT2D eigenvalue weighted by Gasteiger charge is 2.07. The van der Waals surface area contributed by atoms with E-state index in [1.807, 2.05) is 6.20 Å². The quantitative estimate of drug-likeness (QED) is 0.852. The number of nitrogens with one attached hydrogen (secondary N) is 1. The Kier molecular flexibility index (Phi) is 2.95. The first-order valence-corrected chi connectivity index (χ1v) is 5.46. The molecule has 4 heteroatoms. The van der Waals surface area contributed by atoms with E-state index in [0.717, 1.165) is 17.1 Å². The van der Waals surface area contributed by atoms with Crippen molar-refractivity contribution in [2.45, 2.75) is 19.8 Å². The number of aromatic amines is 1. The van der Waals surface area contributed by atoms with Gasteiger partial charge >= 0.3 is 5.97 Å². The van der Waals surface area contributed by atoms with Gasteiger partial charge in [-0.1, -0.05) is 26.0 Å². The maximum atomic E-state index is 10.7. The van der Waals surface area contributed by atoms with E-state index in [9.17, 15) is 4.79 Å². The number of carboxylic acids is 1. The second-order valence-corrected chi connectivity index (χ2v) is 4.22. The average molecular weight is 230 g/mol. The van der Waals surface area contributed by atoms with Gasteiger partial charge in [-0.2, -0.15) is 0 Å². The van der Waals surface area contributed by atoms with E-state index < -0.39 is 5.97 Å². The van der Waals surface area contributed by atoms with Crippen LogP contribution in [0.1, 0.15) is 35.8 Å². The molecule has 4 nitrogen and oxygen atoms in total. The Hall–Kier alpha value is -2.10. The van der Waals surface area contributed by atoms with E-state index in [1.54, 1.807) is 24.3 Å². The van der Waals surface area contributed by atoms with Crippen LogP contribution < -0.4 is 0 Å². The molecule has 0 spiro atoms. The van der Waals surface area contributed by atoms with E-state index in [1.165, 1.54) is 0 Å². The van der Waals surface area contributed by atoms with Gasteiger partial charge in [0.2, 0.25) is 0 Å². The maximum Gasteiger partial charge on any atom is 0.335 e. The van der Waals surface area contributed by atoms with Crippen LogP contribution in [-0.4, -0.2) is 21.0 Å². The van der Waals surface area contributed by atoms with E-state index in [-0.39, 0.29) is 5.56 Å². The third kappa shape index (κ3) is 2.36.